The van der Waals surface area contributed by atoms with Crippen molar-refractivity contribution in [3.63, 3.8) is 0 Å². The lowest BCUT2D eigenvalue weighted by Crippen LogP contribution is -2.38. The van der Waals surface area contributed by atoms with Gasteiger partial charge in [0.25, 0.3) is 5.91 Å². The molecule has 0 saturated carbocycles. The van der Waals surface area contributed by atoms with Crippen LogP contribution in [0.3, 0.4) is 0 Å². The number of nitrogens with one attached hydrogen (secondary N) is 2. The molecule has 1 aliphatic heterocycles. The summed E-state index contributed by atoms with van der Waals surface area (Å²) < 4.78 is 0. The van der Waals surface area contributed by atoms with Crippen molar-refractivity contribution in [1.29, 1.82) is 0 Å². The van der Waals surface area contributed by atoms with Gasteiger partial charge in [-0.2, -0.15) is 0 Å². The van der Waals surface area contributed by atoms with Crippen LogP contribution in [-0.2, 0) is 12.8 Å². The van der Waals surface area contributed by atoms with E-state index in [2.05, 4.69) is 17.6 Å². The van der Waals surface area contributed by atoms with Crippen LogP contribution in [-0.4, -0.2) is 5.91 Å². The number of carbonyl (C=O) groups is 1. The minimum Gasteiger partial charge on any atom is -0.353 e. The maximum absolute atomic E-state index is 12.7. The van der Waals surface area contributed by atoms with Crippen LogP contribution in [0, 0.1) is 5.92 Å². The molecule has 2 N–H and O–H groups in total. The monoisotopic (exact) mass is 346 g/mol. The second kappa shape index (κ2) is 5.84. The standard InChI is InChI=1S/C18H19ClN2OS/c1-2-10-6-7-13-14(8-10)23-18-15(13)17(22)20-16(21-18)11-4-3-5-12(19)9-11/h3-5,9-10,16,21H,2,6-8H2,1H3,(H,20,22)/t10-,16+/m0/s1. The second-order valence-corrected chi connectivity index (χ2v) is 7.87. The van der Waals surface area contributed by atoms with Crippen molar-refractivity contribution in [1.82, 2.24) is 5.32 Å². The van der Waals surface area contributed by atoms with Crippen molar-refractivity contribution in [3.05, 3.63) is 50.9 Å². The third kappa shape index (κ3) is 2.64. The van der Waals surface area contributed by atoms with E-state index < -0.39 is 0 Å². The highest BCUT2D eigenvalue weighted by Crippen LogP contribution is 2.43. The van der Waals surface area contributed by atoms with E-state index in [1.54, 1.807) is 11.3 Å². The van der Waals surface area contributed by atoms with Gasteiger partial charge < -0.3 is 10.6 Å². The number of hydrogen-bond donors (Lipinski definition) is 2. The van der Waals surface area contributed by atoms with Crippen LogP contribution in [0.2, 0.25) is 5.02 Å². The van der Waals surface area contributed by atoms with Gasteiger partial charge in [0.1, 0.15) is 11.2 Å². The number of hydrogen-bond acceptors (Lipinski definition) is 3. The third-order valence-corrected chi connectivity index (χ3v) is 6.33. The summed E-state index contributed by atoms with van der Waals surface area (Å²) in [5.41, 5.74) is 3.12. The van der Waals surface area contributed by atoms with E-state index in [1.807, 2.05) is 24.3 Å². The van der Waals surface area contributed by atoms with E-state index in [9.17, 15) is 4.79 Å². The van der Waals surface area contributed by atoms with Gasteiger partial charge in [-0.05, 0) is 48.4 Å². The molecule has 0 saturated heterocycles. The number of thiophene rings is 1. The van der Waals surface area contributed by atoms with Gasteiger partial charge in [-0.3, -0.25) is 4.79 Å². The predicted octanol–water partition coefficient (Wildman–Crippen LogP) is 4.77. The van der Waals surface area contributed by atoms with E-state index in [0.29, 0.717) is 5.02 Å². The smallest absolute Gasteiger partial charge is 0.256 e. The zero-order valence-corrected chi connectivity index (χ0v) is 14.6. The Labute approximate surface area is 145 Å². The molecule has 1 aromatic carbocycles. The molecular weight excluding hydrogens is 328 g/mol. The number of benzene rings is 1. The van der Waals surface area contributed by atoms with Crippen LogP contribution >= 0.6 is 22.9 Å². The highest BCUT2D eigenvalue weighted by molar-refractivity contribution is 7.16. The number of amides is 1. The first-order valence-electron chi connectivity index (χ1n) is 8.13. The Balaban J connectivity index is 1.68. The molecule has 120 valence electrons. The van der Waals surface area contributed by atoms with E-state index in [1.165, 1.54) is 23.3 Å². The maximum atomic E-state index is 12.7. The van der Waals surface area contributed by atoms with Gasteiger partial charge in [0, 0.05) is 9.90 Å². The first kappa shape index (κ1) is 15.0. The van der Waals surface area contributed by atoms with Crippen molar-refractivity contribution in [2.45, 2.75) is 38.8 Å². The number of fused-ring (bicyclic) bond motifs is 3. The van der Waals surface area contributed by atoms with Gasteiger partial charge in [-0.1, -0.05) is 37.1 Å². The fourth-order valence-corrected chi connectivity index (χ4v) is 5.15. The Kier molecular flexibility index (Phi) is 3.82. The molecule has 1 aromatic heterocycles. The molecule has 1 aliphatic carbocycles. The van der Waals surface area contributed by atoms with E-state index in [-0.39, 0.29) is 12.1 Å². The largest absolute Gasteiger partial charge is 0.353 e. The summed E-state index contributed by atoms with van der Waals surface area (Å²) in [6, 6.07) is 7.63. The molecule has 2 aliphatic rings. The van der Waals surface area contributed by atoms with E-state index in [0.717, 1.165) is 34.9 Å². The molecule has 0 unspecified atom stereocenters. The fourth-order valence-electron chi connectivity index (χ4n) is 3.57. The lowest BCUT2D eigenvalue weighted by atomic mass is 9.85. The molecule has 0 fully saturated rings. The molecule has 23 heavy (non-hydrogen) atoms. The summed E-state index contributed by atoms with van der Waals surface area (Å²) in [5, 5.41) is 8.26. The summed E-state index contributed by atoms with van der Waals surface area (Å²) >= 11 is 7.84. The van der Waals surface area contributed by atoms with Gasteiger partial charge in [0.15, 0.2) is 0 Å². The molecule has 4 rings (SSSR count). The molecule has 0 bridgehead atoms. The van der Waals surface area contributed by atoms with Gasteiger partial charge in [0.05, 0.1) is 5.56 Å². The summed E-state index contributed by atoms with van der Waals surface area (Å²) in [7, 11) is 0. The van der Waals surface area contributed by atoms with Crippen LogP contribution in [0.25, 0.3) is 0 Å². The van der Waals surface area contributed by atoms with Crippen LogP contribution < -0.4 is 10.6 Å². The van der Waals surface area contributed by atoms with Gasteiger partial charge in [-0.25, -0.2) is 0 Å². The van der Waals surface area contributed by atoms with Crippen LogP contribution in [0.4, 0.5) is 5.00 Å². The average Bonchev–Trinajstić information content (AvgIpc) is 2.92. The quantitative estimate of drug-likeness (QED) is 0.822. The lowest BCUT2D eigenvalue weighted by Gasteiger charge is -2.27. The highest BCUT2D eigenvalue weighted by Gasteiger charge is 2.33. The highest BCUT2D eigenvalue weighted by atomic mass is 35.5. The number of anilines is 1. The Hall–Kier alpha value is -1.52. The van der Waals surface area contributed by atoms with Gasteiger partial charge >= 0.3 is 0 Å². The topological polar surface area (TPSA) is 41.1 Å². The molecule has 2 heterocycles. The van der Waals surface area contributed by atoms with Crippen LogP contribution in [0.15, 0.2) is 24.3 Å². The van der Waals surface area contributed by atoms with E-state index >= 15 is 0 Å². The Morgan fingerprint density at radius 2 is 2.22 bits per heavy atom. The van der Waals surface area contributed by atoms with Crippen molar-refractivity contribution < 1.29 is 4.79 Å². The fraction of sp³-hybridized carbons (Fsp3) is 0.389. The molecular formula is C18H19ClN2OS. The second-order valence-electron chi connectivity index (χ2n) is 6.33. The molecule has 0 spiro atoms. The first-order chi connectivity index (χ1) is 11.2. The van der Waals surface area contributed by atoms with Crippen molar-refractivity contribution in [2.24, 2.45) is 5.92 Å². The minimum atomic E-state index is -0.212. The van der Waals surface area contributed by atoms with E-state index in [4.69, 9.17) is 11.6 Å². The van der Waals surface area contributed by atoms with Crippen molar-refractivity contribution >= 4 is 33.8 Å². The van der Waals surface area contributed by atoms with Gasteiger partial charge in [-0.15, -0.1) is 11.3 Å². The Morgan fingerprint density at radius 3 is 3.00 bits per heavy atom. The lowest BCUT2D eigenvalue weighted by molar-refractivity contribution is 0.0935. The van der Waals surface area contributed by atoms with Gasteiger partial charge in [0.2, 0.25) is 0 Å². The predicted molar refractivity (Wildman–Crippen MR) is 95.4 cm³/mol. The molecule has 2 atom stereocenters. The molecule has 2 aromatic rings. The van der Waals surface area contributed by atoms with Crippen molar-refractivity contribution in [2.75, 3.05) is 5.32 Å². The Morgan fingerprint density at radius 1 is 1.35 bits per heavy atom. The minimum absolute atomic E-state index is 0.0381. The molecule has 1 amide bonds. The summed E-state index contributed by atoms with van der Waals surface area (Å²) in [6.45, 7) is 2.25. The summed E-state index contributed by atoms with van der Waals surface area (Å²) in [5.74, 6) is 0.797. The normalized spacial score (nSPS) is 22.8. The molecule has 0 radical (unpaired) electrons. The SMILES string of the molecule is CC[C@H]1CCc2c(sc3c2C(=O)N[C@@H](c2cccc(Cl)c2)N3)C1. The molecule has 3 nitrogen and oxygen atoms in total. The number of halogens is 1. The summed E-state index contributed by atoms with van der Waals surface area (Å²) in [4.78, 5) is 14.1. The van der Waals surface area contributed by atoms with Crippen LogP contribution in [0.5, 0.6) is 0 Å². The van der Waals surface area contributed by atoms with Crippen molar-refractivity contribution in [3.8, 4) is 0 Å². The number of rotatable bonds is 2. The first-order valence-corrected chi connectivity index (χ1v) is 9.32. The zero-order valence-electron chi connectivity index (χ0n) is 13.0. The third-order valence-electron chi connectivity index (χ3n) is 4.90. The zero-order chi connectivity index (χ0) is 16.0. The summed E-state index contributed by atoms with van der Waals surface area (Å²) in [6.07, 6.45) is 4.33. The molecule has 5 heteroatoms. The number of carbonyl (C=O) groups excluding carboxylic acids is 1. The average molecular weight is 347 g/mol. The maximum Gasteiger partial charge on any atom is 0.256 e. The Bertz CT molecular complexity index is 770. The van der Waals surface area contributed by atoms with Crippen LogP contribution in [0.1, 0.15) is 52.3 Å².